The Balaban J connectivity index is 1.75. The third kappa shape index (κ3) is 3.53. The normalized spacial score (nSPS) is 16.7. The summed E-state index contributed by atoms with van der Waals surface area (Å²) in [5.41, 5.74) is 3.49. The number of anilines is 2. The van der Waals surface area contributed by atoms with E-state index in [9.17, 15) is 9.59 Å². The first-order chi connectivity index (χ1) is 12.4. The summed E-state index contributed by atoms with van der Waals surface area (Å²) >= 11 is 6.15. The van der Waals surface area contributed by atoms with Crippen LogP contribution in [0, 0.1) is 19.8 Å². The number of carbonyl (C=O) groups excluding carboxylic acids is 2. The van der Waals surface area contributed by atoms with Crippen LogP contribution >= 0.6 is 11.6 Å². The van der Waals surface area contributed by atoms with Gasteiger partial charge in [-0.1, -0.05) is 29.8 Å². The lowest BCUT2D eigenvalue weighted by atomic mass is 10.1. The molecule has 1 aliphatic heterocycles. The van der Waals surface area contributed by atoms with Gasteiger partial charge in [-0.3, -0.25) is 9.59 Å². The quantitative estimate of drug-likeness (QED) is 0.883. The smallest absolute Gasteiger partial charge is 0.229 e. The van der Waals surface area contributed by atoms with Crippen molar-refractivity contribution in [3.8, 4) is 5.75 Å². The average molecular weight is 373 g/mol. The fraction of sp³-hybridized carbons (Fsp3) is 0.300. The van der Waals surface area contributed by atoms with Crippen LogP contribution in [0.4, 0.5) is 11.4 Å². The highest BCUT2D eigenvalue weighted by Gasteiger charge is 2.35. The third-order valence-electron chi connectivity index (χ3n) is 4.67. The van der Waals surface area contributed by atoms with E-state index in [0.29, 0.717) is 23.0 Å². The van der Waals surface area contributed by atoms with E-state index in [-0.39, 0.29) is 18.2 Å². The lowest BCUT2D eigenvalue weighted by Gasteiger charge is -2.18. The number of ether oxygens (including phenoxy) is 1. The van der Waals surface area contributed by atoms with E-state index in [1.54, 1.807) is 23.1 Å². The number of aryl methyl sites for hydroxylation is 2. The van der Waals surface area contributed by atoms with Gasteiger partial charge in [0.15, 0.2) is 0 Å². The van der Waals surface area contributed by atoms with Crippen molar-refractivity contribution in [2.45, 2.75) is 20.3 Å². The van der Waals surface area contributed by atoms with Crippen molar-refractivity contribution < 1.29 is 14.3 Å². The number of nitrogens with zero attached hydrogens (tertiary/aromatic N) is 1. The van der Waals surface area contributed by atoms with Gasteiger partial charge in [0.1, 0.15) is 5.75 Å². The van der Waals surface area contributed by atoms with Crippen LogP contribution in [0.5, 0.6) is 5.75 Å². The van der Waals surface area contributed by atoms with Crippen molar-refractivity contribution in [1.82, 2.24) is 0 Å². The first-order valence-corrected chi connectivity index (χ1v) is 8.79. The van der Waals surface area contributed by atoms with Gasteiger partial charge in [-0.15, -0.1) is 0 Å². The molecule has 2 aromatic carbocycles. The zero-order chi connectivity index (χ0) is 18.8. The Hall–Kier alpha value is -2.53. The molecule has 1 N–H and O–H groups in total. The number of hydrogen-bond donors (Lipinski definition) is 1. The summed E-state index contributed by atoms with van der Waals surface area (Å²) in [7, 11) is 1.54. The second kappa shape index (κ2) is 7.38. The number of nitrogens with one attached hydrogen (secondary N) is 1. The monoisotopic (exact) mass is 372 g/mol. The molecular weight excluding hydrogens is 352 g/mol. The molecule has 0 radical (unpaired) electrons. The Kier molecular flexibility index (Phi) is 5.18. The summed E-state index contributed by atoms with van der Waals surface area (Å²) in [6.07, 6.45) is 0.181. The zero-order valence-electron chi connectivity index (χ0n) is 15.0. The number of amides is 2. The van der Waals surface area contributed by atoms with Crippen LogP contribution in [0.2, 0.25) is 5.02 Å². The SMILES string of the molecule is COc1ccc(N2CC(C(=O)Nc3c(C)cccc3C)CC2=O)cc1Cl. The predicted octanol–water partition coefficient (Wildman–Crippen LogP) is 3.96. The van der Waals surface area contributed by atoms with Crippen molar-refractivity contribution in [2.75, 3.05) is 23.9 Å². The maximum Gasteiger partial charge on any atom is 0.229 e. The van der Waals surface area contributed by atoms with Gasteiger partial charge in [0.25, 0.3) is 0 Å². The molecule has 0 aliphatic carbocycles. The van der Waals surface area contributed by atoms with Crippen molar-refractivity contribution in [2.24, 2.45) is 5.92 Å². The van der Waals surface area contributed by atoms with Gasteiger partial charge in [0, 0.05) is 24.3 Å². The standard InChI is InChI=1S/C20H21ClN2O3/c1-12-5-4-6-13(2)19(12)22-20(25)14-9-18(24)23(11-14)15-7-8-17(26-3)16(21)10-15/h4-8,10,14H,9,11H2,1-3H3,(H,22,25). The largest absolute Gasteiger partial charge is 0.495 e. The molecule has 1 heterocycles. The highest BCUT2D eigenvalue weighted by molar-refractivity contribution is 6.32. The molecule has 26 heavy (non-hydrogen) atoms. The minimum Gasteiger partial charge on any atom is -0.495 e. The fourth-order valence-electron chi connectivity index (χ4n) is 3.19. The molecule has 2 aromatic rings. The minimum absolute atomic E-state index is 0.0899. The maximum atomic E-state index is 12.7. The molecule has 1 fully saturated rings. The molecule has 1 unspecified atom stereocenters. The Morgan fingerprint density at radius 2 is 1.92 bits per heavy atom. The highest BCUT2D eigenvalue weighted by Crippen LogP contribution is 2.33. The Morgan fingerprint density at radius 1 is 1.23 bits per heavy atom. The zero-order valence-corrected chi connectivity index (χ0v) is 15.8. The number of benzene rings is 2. The summed E-state index contributed by atoms with van der Waals surface area (Å²) in [6, 6.07) is 11.0. The number of hydrogen-bond acceptors (Lipinski definition) is 3. The number of halogens is 1. The molecular formula is C20H21ClN2O3. The van der Waals surface area contributed by atoms with Crippen LogP contribution < -0.4 is 15.0 Å². The topological polar surface area (TPSA) is 58.6 Å². The molecule has 0 spiro atoms. The number of para-hydroxylation sites is 1. The van der Waals surface area contributed by atoms with Crippen LogP contribution in [0.25, 0.3) is 0 Å². The van der Waals surface area contributed by atoms with Crippen LogP contribution in [0.3, 0.4) is 0 Å². The predicted molar refractivity (Wildman–Crippen MR) is 103 cm³/mol. The second-order valence-corrected chi connectivity index (χ2v) is 6.89. The minimum atomic E-state index is -0.401. The molecule has 136 valence electrons. The van der Waals surface area contributed by atoms with Crippen molar-refractivity contribution in [1.29, 1.82) is 0 Å². The molecule has 2 amide bonds. The lowest BCUT2D eigenvalue weighted by molar-refractivity contribution is -0.122. The Bertz CT molecular complexity index is 846. The molecule has 0 saturated carbocycles. The third-order valence-corrected chi connectivity index (χ3v) is 4.97. The Labute approximate surface area is 157 Å². The Morgan fingerprint density at radius 3 is 2.54 bits per heavy atom. The summed E-state index contributed by atoms with van der Waals surface area (Å²) in [5, 5.41) is 3.41. The number of rotatable bonds is 4. The summed E-state index contributed by atoms with van der Waals surface area (Å²) in [4.78, 5) is 26.7. The van der Waals surface area contributed by atoms with Crippen LogP contribution in [0.1, 0.15) is 17.5 Å². The molecule has 1 saturated heterocycles. The van der Waals surface area contributed by atoms with Gasteiger partial charge in [-0.2, -0.15) is 0 Å². The van der Waals surface area contributed by atoms with Gasteiger partial charge in [-0.05, 0) is 43.2 Å². The summed E-state index contributed by atoms with van der Waals surface area (Å²) in [6.45, 7) is 4.24. The molecule has 0 bridgehead atoms. The lowest BCUT2D eigenvalue weighted by Crippen LogP contribution is -2.28. The van der Waals surface area contributed by atoms with Crippen LogP contribution in [-0.4, -0.2) is 25.5 Å². The van der Waals surface area contributed by atoms with Gasteiger partial charge in [0.2, 0.25) is 11.8 Å². The maximum absolute atomic E-state index is 12.7. The van der Waals surface area contributed by atoms with Gasteiger partial charge in [0.05, 0.1) is 18.1 Å². The number of carbonyl (C=O) groups is 2. The molecule has 1 atom stereocenters. The second-order valence-electron chi connectivity index (χ2n) is 6.48. The van der Waals surface area contributed by atoms with E-state index in [2.05, 4.69) is 5.32 Å². The first-order valence-electron chi connectivity index (χ1n) is 8.41. The molecule has 1 aliphatic rings. The fourth-order valence-corrected chi connectivity index (χ4v) is 3.44. The summed E-state index contributed by atoms with van der Waals surface area (Å²) < 4.78 is 5.14. The van der Waals surface area contributed by atoms with Crippen molar-refractivity contribution in [3.63, 3.8) is 0 Å². The summed E-state index contributed by atoms with van der Waals surface area (Å²) in [5.74, 6) is -0.0838. The van der Waals surface area contributed by atoms with Gasteiger partial charge >= 0.3 is 0 Å². The van der Waals surface area contributed by atoms with Crippen molar-refractivity contribution >= 4 is 34.8 Å². The molecule has 5 nitrogen and oxygen atoms in total. The van der Waals surface area contributed by atoms with Crippen molar-refractivity contribution in [3.05, 3.63) is 52.5 Å². The van der Waals surface area contributed by atoms with Gasteiger partial charge < -0.3 is 15.0 Å². The molecule has 0 aromatic heterocycles. The van der Waals surface area contributed by atoms with E-state index < -0.39 is 5.92 Å². The first kappa shape index (κ1) is 18.3. The van der Waals surface area contributed by atoms with Crippen LogP contribution in [-0.2, 0) is 9.59 Å². The van der Waals surface area contributed by atoms with E-state index >= 15 is 0 Å². The number of methoxy groups -OCH3 is 1. The van der Waals surface area contributed by atoms with E-state index in [4.69, 9.17) is 16.3 Å². The average Bonchev–Trinajstić information content (AvgIpc) is 3.00. The van der Waals surface area contributed by atoms with E-state index in [1.807, 2.05) is 32.0 Å². The van der Waals surface area contributed by atoms with Crippen LogP contribution in [0.15, 0.2) is 36.4 Å². The highest BCUT2D eigenvalue weighted by atomic mass is 35.5. The molecule has 3 rings (SSSR count). The van der Waals surface area contributed by atoms with Gasteiger partial charge in [-0.25, -0.2) is 0 Å². The van der Waals surface area contributed by atoms with E-state index in [1.165, 1.54) is 7.11 Å². The van der Waals surface area contributed by atoms with E-state index in [0.717, 1.165) is 16.8 Å². The molecule has 6 heteroatoms.